The van der Waals surface area contributed by atoms with Crippen LogP contribution in [0.3, 0.4) is 0 Å². The summed E-state index contributed by atoms with van der Waals surface area (Å²) in [6.45, 7) is 7.66. The molecule has 1 unspecified atom stereocenters. The molecule has 2 heterocycles. The Kier molecular flexibility index (Phi) is 4.85. The smallest absolute Gasteiger partial charge is 0.222 e. The zero-order chi connectivity index (χ0) is 16.4. The van der Waals surface area contributed by atoms with E-state index in [0.717, 1.165) is 32.6 Å². The van der Waals surface area contributed by atoms with Crippen molar-refractivity contribution in [3.05, 3.63) is 30.1 Å². The molecule has 0 spiro atoms. The fourth-order valence-electron chi connectivity index (χ4n) is 3.42. The molecule has 0 aromatic heterocycles. The maximum atomic E-state index is 13.6. The van der Waals surface area contributed by atoms with Gasteiger partial charge in [-0.25, -0.2) is 4.39 Å². The Bertz CT molecular complexity index is 558. The number of amides is 1. The molecule has 4 nitrogen and oxygen atoms in total. The molecular weight excluding hydrogens is 295 g/mol. The van der Waals surface area contributed by atoms with Crippen LogP contribution >= 0.6 is 0 Å². The Balaban J connectivity index is 1.44. The third-order valence-corrected chi connectivity index (χ3v) is 4.74. The highest BCUT2D eigenvalue weighted by molar-refractivity contribution is 5.77. The third-order valence-electron chi connectivity index (χ3n) is 4.74. The average molecular weight is 320 g/mol. The van der Waals surface area contributed by atoms with Crippen molar-refractivity contribution >= 4 is 5.91 Å². The van der Waals surface area contributed by atoms with Gasteiger partial charge in [-0.2, -0.15) is 0 Å². The number of ether oxygens (including phenoxy) is 1. The number of hydrogen-bond acceptors (Lipinski definition) is 3. The van der Waals surface area contributed by atoms with Gasteiger partial charge in [0.2, 0.25) is 5.91 Å². The number of benzene rings is 1. The lowest BCUT2D eigenvalue weighted by molar-refractivity contribution is -0.137. The van der Waals surface area contributed by atoms with E-state index in [1.54, 1.807) is 18.2 Å². The van der Waals surface area contributed by atoms with Crippen molar-refractivity contribution in [2.24, 2.45) is 5.92 Å². The lowest BCUT2D eigenvalue weighted by Gasteiger charge is -2.43. The summed E-state index contributed by atoms with van der Waals surface area (Å²) >= 11 is 0. The number of piperidine rings is 1. The normalized spacial score (nSPS) is 23.2. The van der Waals surface area contributed by atoms with Crippen molar-refractivity contribution in [2.45, 2.75) is 38.8 Å². The Morgan fingerprint density at radius 3 is 2.70 bits per heavy atom. The molecule has 23 heavy (non-hydrogen) atoms. The number of carbonyl (C=O) groups excluding carboxylic acids is 1. The Morgan fingerprint density at radius 1 is 1.26 bits per heavy atom. The summed E-state index contributed by atoms with van der Waals surface area (Å²) in [5, 5.41) is 0. The van der Waals surface area contributed by atoms with Crippen LogP contribution in [0.5, 0.6) is 5.75 Å². The Hall–Kier alpha value is -1.62. The van der Waals surface area contributed by atoms with Crippen LogP contribution in [0.2, 0.25) is 0 Å². The first-order valence-electron chi connectivity index (χ1n) is 8.46. The topological polar surface area (TPSA) is 32.8 Å². The van der Waals surface area contributed by atoms with Crippen LogP contribution in [0.4, 0.5) is 4.39 Å². The van der Waals surface area contributed by atoms with E-state index < -0.39 is 0 Å². The summed E-state index contributed by atoms with van der Waals surface area (Å²) in [5.41, 5.74) is 0. The van der Waals surface area contributed by atoms with Crippen LogP contribution in [0.1, 0.15) is 26.7 Å². The molecule has 126 valence electrons. The molecule has 1 amide bonds. The van der Waals surface area contributed by atoms with E-state index in [2.05, 4.69) is 18.7 Å². The molecule has 0 saturated carbocycles. The molecule has 2 aliphatic rings. The van der Waals surface area contributed by atoms with Crippen molar-refractivity contribution in [3.8, 4) is 5.75 Å². The summed E-state index contributed by atoms with van der Waals surface area (Å²) in [4.78, 5) is 16.2. The van der Waals surface area contributed by atoms with Crippen LogP contribution < -0.4 is 4.74 Å². The van der Waals surface area contributed by atoms with E-state index in [1.165, 1.54) is 6.07 Å². The van der Waals surface area contributed by atoms with Crippen LogP contribution in [0, 0.1) is 11.7 Å². The summed E-state index contributed by atoms with van der Waals surface area (Å²) in [6.07, 6.45) is 1.70. The zero-order valence-electron chi connectivity index (χ0n) is 13.9. The predicted octanol–water partition coefficient (Wildman–Crippen LogP) is 2.54. The van der Waals surface area contributed by atoms with Gasteiger partial charge >= 0.3 is 0 Å². The molecule has 1 aromatic rings. The first-order chi connectivity index (χ1) is 11.0. The van der Waals surface area contributed by atoms with Gasteiger partial charge in [-0.15, -0.1) is 0 Å². The minimum Gasteiger partial charge on any atom is -0.485 e. The van der Waals surface area contributed by atoms with E-state index in [-0.39, 0.29) is 23.9 Å². The van der Waals surface area contributed by atoms with Gasteiger partial charge in [0.1, 0.15) is 6.10 Å². The average Bonchev–Trinajstić information content (AvgIpc) is 2.48. The van der Waals surface area contributed by atoms with Crippen LogP contribution in [0.15, 0.2) is 24.3 Å². The van der Waals surface area contributed by atoms with E-state index in [9.17, 15) is 9.18 Å². The standard InChI is InChI=1S/C18H25FN2O2/c1-13(2)21-10-14(7-8-18(21)22)9-20-11-15(12-20)23-17-6-4-3-5-16(17)19/h3-6,13-15H,7-12H2,1-2H3. The number of nitrogens with zero attached hydrogens (tertiary/aromatic N) is 2. The lowest BCUT2D eigenvalue weighted by Crippen LogP contribution is -2.56. The highest BCUT2D eigenvalue weighted by Gasteiger charge is 2.34. The second kappa shape index (κ2) is 6.87. The van der Waals surface area contributed by atoms with Crippen LogP contribution in [0.25, 0.3) is 0 Å². The molecule has 0 radical (unpaired) electrons. The van der Waals surface area contributed by atoms with Crippen molar-refractivity contribution in [1.29, 1.82) is 0 Å². The second-order valence-corrected chi connectivity index (χ2v) is 6.93. The SMILES string of the molecule is CC(C)N1CC(CN2CC(Oc3ccccc3F)C2)CCC1=O. The molecule has 1 atom stereocenters. The number of halogens is 1. The maximum Gasteiger partial charge on any atom is 0.222 e. The largest absolute Gasteiger partial charge is 0.485 e. The molecule has 1 aromatic carbocycles. The molecule has 5 heteroatoms. The maximum absolute atomic E-state index is 13.6. The highest BCUT2D eigenvalue weighted by atomic mass is 19.1. The van der Waals surface area contributed by atoms with E-state index in [1.807, 2.05) is 4.90 Å². The fraction of sp³-hybridized carbons (Fsp3) is 0.611. The molecule has 0 bridgehead atoms. The molecule has 0 aliphatic carbocycles. The second-order valence-electron chi connectivity index (χ2n) is 6.93. The van der Waals surface area contributed by atoms with Crippen molar-refractivity contribution < 1.29 is 13.9 Å². The van der Waals surface area contributed by atoms with E-state index in [4.69, 9.17) is 4.74 Å². The number of carbonyl (C=O) groups is 1. The van der Waals surface area contributed by atoms with Gasteiger partial charge in [0.15, 0.2) is 11.6 Å². The minimum atomic E-state index is -0.302. The van der Waals surface area contributed by atoms with Gasteiger partial charge < -0.3 is 9.64 Å². The predicted molar refractivity (Wildman–Crippen MR) is 86.8 cm³/mol. The molecule has 0 N–H and O–H groups in total. The summed E-state index contributed by atoms with van der Waals surface area (Å²) in [6, 6.07) is 6.82. The third kappa shape index (κ3) is 3.83. The highest BCUT2D eigenvalue weighted by Crippen LogP contribution is 2.25. The number of hydrogen-bond donors (Lipinski definition) is 0. The molecule has 3 rings (SSSR count). The number of likely N-dealkylation sites (tertiary alicyclic amines) is 2. The van der Waals surface area contributed by atoms with Gasteiger partial charge in [0.05, 0.1) is 0 Å². The van der Waals surface area contributed by atoms with Crippen molar-refractivity contribution in [3.63, 3.8) is 0 Å². The Labute approximate surface area is 137 Å². The lowest BCUT2D eigenvalue weighted by atomic mass is 9.94. The summed E-state index contributed by atoms with van der Waals surface area (Å²) in [7, 11) is 0. The van der Waals surface area contributed by atoms with Crippen molar-refractivity contribution in [1.82, 2.24) is 9.80 Å². The molecule has 2 fully saturated rings. The van der Waals surface area contributed by atoms with E-state index in [0.29, 0.717) is 18.1 Å². The number of para-hydroxylation sites is 1. The van der Waals surface area contributed by atoms with Gasteiger partial charge in [0, 0.05) is 38.6 Å². The quantitative estimate of drug-likeness (QED) is 0.836. The molecule has 2 aliphatic heterocycles. The fourth-order valence-corrected chi connectivity index (χ4v) is 3.42. The summed E-state index contributed by atoms with van der Waals surface area (Å²) in [5.74, 6) is 0.848. The number of rotatable bonds is 5. The molecular formula is C18H25FN2O2. The molecule has 2 saturated heterocycles. The Morgan fingerprint density at radius 2 is 2.00 bits per heavy atom. The van der Waals surface area contributed by atoms with Crippen LogP contribution in [-0.2, 0) is 4.79 Å². The first kappa shape index (κ1) is 16.2. The summed E-state index contributed by atoms with van der Waals surface area (Å²) < 4.78 is 19.3. The van der Waals surface area contributed by atoms with Crippen LogP contribution in [-0.4, -0.2) is 54.0 Å². The van der Waals surface area contributed by atoms with Crippen molar-refractivity contribution in [2.75, 3.05) is 26.2 Å². The van der Waals surface area contributed by atoms with Gasteiger partial charge in [-0.1, -0.05) is 12.1 Å². The van der Waals surface area contributed by atoms with E-state index >= 15 is 0 Å². The minimum absolute atomic E-state index is 0.0679. The van der Waals surface area contributed by atoms with Gasteiger partial charge in [0.25, 0.3) is 0 Å². The first-order valence-corrected chi connectivity index (χ1v) is 8.46. The zero-order valence-corrected chi connectivity index (χ0v) is 13.9. The monoisotopic (exact) mass is 320 g/mol. The van der Waals surface area contributed by atoms with Gasteiger partial charge in [-0.05, 0) is 38.3 Å². The van der Waals surface area contributed by atoms with Gasteiger partial charge in [-0.3, -0.25) is 9.69 Å².